The highest BCUT2D eigenvalue weighted by atomic mass is 32.2. The topological polar surface area (TPSA) is 169 Å². The average molecular weight is 538 g/mol. The van der Waals surface area contributed by atoms with Gasteiger partial charge in [-0.05, 0) is 23.4 Å². The molecule has 4 amide bonds. The number of aromatic amines is 1. The minimum atomic E-state index is -1.20. The number of carboxylic acids is 1. The summed E-state index contributed by atoms with van der Waals surface area (Å²) in [5, 5.41) is 29.8. The highest BCUT2D eigenvalue weighted by Crippen LogP contribution is 2.41. The fourth-order valence-electron chi connectivity index (χ4n) is 3.60. The van der Waals surface area contributed by atoms with Gasteiger partial charge in [0.05, 0.1) is 6.20 Å². The quantitative estimate of drug-likeness (QED) is 0.220. The molecular formula is C20H23N7O5S3. The zero-order chi connectivity index (χ0) is 24.9. The molecule has 12 nitrogen and oxygen atoms in total. The summed E-state index contributed by atoms with van der Waals surface area (Å²) < 4.78 is 0. The van der Waals surface area contributed by atoms with Crippen LogP contribution >= 0.6 is 34.9 Å². The number of amides is 4. The normalized spacial score (nSPS) is 20.0. The number of rotatable bonds is 10. The predicted octanol–water partition coefficient (Wildman–Crippen LogP) is 1.15. The number of aliphatic carboxylic acids is 1. The van der Waals surface area contributed by atoms with Crippen LogP contribution in [0.3, 0.4) is 0 Å². The lowest BCUT2D eigenvalue weighted by Crippen LogP contribution is -2.71. The summed E-state index contributed by atoms with van der Waals surface area (Å²) in [5.74, 6) is -1.49. The second kappa shape index (κ2) is 11.1. The van der Waals surface area contributed by atoms with Crippen LogP contribution in [0, 0.1) is 0 Å². The van der Waals surface area contributed by atoms with Gasteiger partial charge in [0.25, 0.3) is 5.91 Å². The van der Waals surface area contributed by atoms with Gasteiger partial charge in [0, 0.05) is 22.9 Å². The summed E-state index contributed by atoms with van der Waals surface area (Å²) in [4.78, 5) is 52.2. The molecule has 0 aromatic carbocycles. The van der Waals surface area contributed by atoms with E-state index in [0.717, 1.165) is 6.42 Å². The number of hydrogen-bond acceptors (Lipinski definition) is 9. The maximum absolute atomic E-state index is 13.1. The molecule has 15 heteroatoms. The van der Waals surface area contributed by atoms with E-state index in [4.69, 9.17) is 0 Å². The summed E-state index contributed by atoms with van der Waals surface area (Å²) in [7, 11) is 0. The molecule has 0 spiro atoms. The molecule has 1 fully saturated rings. The Hall–Kier alpha value is -3.04. The number of aromatic nitrogens is 3. The molecule has 2 aliphatic rings. The van der Waals surface area contributed by atoms with Crippen LogP contribution in [0.25, 0.3) is 0 Å². The average Bonchev–Trinajstić information content (AvgIpc) is 3.57. The zero-order valence-electron chi connectivity index (χ0n) is 18.5. The van der Waals surface area contributed by atoms with Gasteiger partial charge < -0.3 is 21.1 Å². The first-order chi connectivity index (χ1) is 16.9. The van der Waals surface area contributed by atoms with E-state index >= 15 is 0 Å². The number of nitrogens with one attached hydrogen (secondary N) is 4. The molecule has 2 aromatic rings. The van der Waals surface area contributed by atoms with Crippen molar-refractivity contribution in [1.82, 2.24) is 36.3 Å². The number of fused-ring (bicyclic) bond motifs is 1. The Labute approximate surface area is 212 Å². The smallest absolute Gasteiger partial charge is 0.352 e. The first-order valence-corrected chi connectivity index (χ1v) is 13.6. The second-order valence-corrected chi connectivity index (χ2v) is 10.7. The van der Waals surface area contributed by atoms with E-state index in [2.05, 4.69) is 31.4 Å². The lowest BCUT2D eigenvalue weighted by atomic mass is 10.0. The lowest BCUT2D eigenvalue weighted by molar-refractivity contribution is -0.150. The third-order valence-electron chi connectivity index (χ3n) is 5.24. The van der Waals surface area contributed by atoms with Gasteiger partial charge in [-0.2, -0.15) is 0 Å². The molecule has 0 bridgehead atoms. The maximum atomic E-state index is 13.1. The van der Waals surface area contributed by atoms with E-state index in [0.29, 0.717) is 33.5 Å². The SMILES string of the molecule is CCCNC(=O)NC(C(=O)N[C@H]1C(=O)N2C(C(=O)O)=C(CSc3cnn[nH]3)CSC12)c1cccs1. The largest absolute Gasteiger partial charge is 0.477 e. The first kappa shape index (κ1) is 25.1. The maximum Gasteiger partial charge on any atom is 0.352 e. The van der Waals surface area contributed by atoms with Gasteiger partial charge in [-0.3, -0.25) is 19.6 Å². The number of urea groups is 1. The molecule has 35 heavy (non-hydrogen) atoms. The number of H-pyrrole nitrogens is 1. The Bertz CT molecular complexity index is 1120. The highest BCUT2D eigenvalue weighted by molar-refractivity contribution is 8.01. The van der Waals surface area contributed by atoms with Crippen LogP contribution in [0.1, 0.15) is 24.3 Å². The molecule has 0 saturated carbocycles. The summed E-state index contributed by atoms with van der Waals surface area (Å²) in [6.45, 7) is 2.37. The Balaban J connectivity index is 1.45. The number of thiophene rings is 1. The summed E-state index contributed by atoms with van der Waals surface area (Å²) in [6.07, 6.45) is 2.28. The lowest BCUT2D eigenvalue weighted by Gasteiger charge is -2.49. The molecule has 2 aromatic heterocycles. The zero-order valence-corrected chi connectivity index (χ0v) is 21.0. The van der Waals surface area contributed by atoms with Crippen LogP contribution in [0.4, 0.5) is 4.79 Å². The van der Waals surface area contributed by atoms with Crippen LogP contribution in [-0.2, 0) is 14.4 Å². The van der Waals surface area contributed by atoms with E-state index in [-0.39, 0.29) is 5.70 Å². The summed E-state index contributed by atoms with van der Waals surface area (Å²) in [6, 6.07) is 1.13. The van der Waals surface area contributed by atoms with E-state index in [1.165, 1.54) is 46.0 Å². The van der Waals surface area contributed by atoms with E-state index in [1.54, 1.807) is 17.5 Å². The Kier molecular flexibility index (Phi) is 7.97. The molecule has 3 atom stereocenters. The van der Waals surface area contributed by atoms with Gasteiger partial charge in [-0.1, -0.05) is 18.2 Å². The molecule has 186 valence electrons. The fourth-order valence-corrected chi connectivity index (χ4v) is 6.64. The van der Waals surface area contributed by atoms with E-state index in [1.807, 2.05) is 6.92 Å². The monoisotopic (exact) mass is 537 g/mol. The number of carbonyl (C=O) groups is 4. The number of nitrogens with zero attached hydrogens (tertiary/aromatic N) is 3. The molecule has 0 radical (unpaired) electrons. The first-order valence-electron chi connectivity index (χ1n) is 10.7. The Morgan fingerprint density at radius 3 is 2.89 bits per heavy atom. The summed E-state index contributed by atoms with van der Waals surface area (Å²) in [5.41, 5.74) is 0.540. The van der Waals surface area contributed by atoms with Crippen molar-refractivity contribution in [1.29, 1.82) is 0 Å². The van der Waals surface area contributed by atoms with Crippen molar-refractivity contribution in [3.63, 3.8) is 0 Å². The minimum Gasteiger partial charge on any atom is -0.477 e. The third-order valence-corrected chi connectivity index (χ3v) is 8.52. The number of β-lactam (4-membered cyclic amide) rings is 1. The molecule has 4 heterocycles. The second-order valence-electron chi connectivity index (χ2n) is 7.61. The van der Waals surface area contributed by atoms with Gasteiger partial charge in [0.1, 0.15) is 28.2 Å². The number of carbonyl (C=O) groups excluding carboxylic acids is 3. The van der Waals surface area contributed by atoms with Crippen LogP contribution in [0.15, 0.2) is 40.0 Å². The van der Waals surface area contributed by atoms with E-state index < -0.39 is 41.3 Å². The Morgan fingerprint density at radius 2 is 2.23 bits per heavy atom. The van der Waals surface area contributed by atoms with Gasteiger partial charge in [0.15, 0.2) is 0 Å². The minimum absolute atomic E-state index is 0.0592. The van der Waals surface area contributed by atoms with Crippen LogP contribution in [0.5, 0.6) is 0 Å². The molecule has 2 unspecified atom stereocenters. The third kappa shape index (κ3) is 5.46. The summed E-state index contributed by atoms with van der Waals surface area (Å²) >= 11 is 4.03. The van der Waals surface area contributed by atoms with Gasteiger partial charge in [0.2, 0.25) is 5.91 Å². The standard InChI is InChI=1S/C20H23N7O5S3/c1-2-5-21-20(32)24-13(11-4-3-6-33-11)16(28)23-14-17(29)27-15(19(30)31)10(9-35-18(14)27)8-34-12-7-22-26-25-12/h3-4,6-7,13-14,18H,2,5,8-9H2,1H3,(H,23,28)(H,30,31)(H2,21,24,32)(H,22,25,26)/t13?,14-,18?/m0/s1. The molecule has 1 saturated heterocycles. The number of carboxylic acid groups (broad SMARTS) is 1. The van der Waals surface area contributed by atoms with E-state index in [9.17, 15) is 24.3 Å². The van der Waals surface area contributed by atoms with Crippen molar-refractivity contribution in [2.24, 2.45) is 0 Å². The molecule has 4 rings (SSSR count). The van der Waals surface area contributed by atoms with Gasteiger partial charge in [-0.25, -0.2) is 9.59 Å². The van der Waals surface area contributed by atoms with Crippen molar-refractivity contribution in [3.8, 4) is 0 Å². The van der Waals surface area contributed by atoms with Crippen LogP contribution < -0.4 is 16.0 Å². The van der Waals surface area contributed by atoms with Crippen molar-refractivity contribution < 1.29 is 24.3 Å². The highest BCUT2D eigenvalue weighted by Gasteiger charge is 2.54. The molecule has 5 N–H and O–H groups in total. The van der Waals surface area contributed by atoms with Crippen molar-refractivity contribution in [2.45, 2.75) is 35.8 Å². The number of hydrogen-bond donors (Lipinski definition) is 5. The van der Waals surface area contributed by atoms with Crippen LogP contribution in [-0.4, -0.2) is 78.7 Å². The van der Waals surface area contributed by atoms with Gasteiger partial charge in [-0.15, -0.1) is 40.0 Å². The van der Waals surface area contributed by atoms with Crippen molar-refractivity contribution in [2.75, 3.05) is 18.1 Å². The molecular weight excluding hydrogens is 514 g/mol. The van der Waals surface area contributed by atoms with Crippen molar-refractivity contribution >= 4 is 58.7 Å². The van der Waals surface area contributed by atoms with Crippen LogP contribution in [0.2, 0.25) is 0 Å². The van der Waals surface area contributed by atoms with Crippen molar-refractivity contribution in [3.05, 3.63) is 39.9 Å². The Morgan fingerprint density at radius 1 is 1.40 bits per heavy atom. The predicted molar refractivity (Wildman–Crippen MR) is 131 cm³/mol. The fraction of sp³-hybridized carbons (Fsp3) is 0.400. The molecule has 2 aliphatic heterocycles. The van der Waals surface area contributed by atoms with Gasteiger partial charge >= 0.3 is 12.0 Å². The molecule has 0 aliphatic carbocycles. The number of thioether (sulfide) groups is 2.